The summed E-state index contributed by atoms with van der Waals surface area (Å²) >= 11 is 0. The van der Waals surface area contributed by atoms with E-state index in [0.717, 1.165) is 25.5 Å². The molecule has 17 heavy (non-hydrogen) atoms. The van der Waals surface area contributed by atoms with Crippen molar-refractivity contribution in [1.82, 2.24) is 9.97 Å². The molecule has 1 aromatic rings. The fourth-order valence-corrected chi connectivity index (χ4v) is 2.46. The van der Waals surface area contributed by atoms with Gasteiger partial charge in [0.15, 0.2) is 11.6 Å². The molecule has 1 saturated heterocycles. The molecule has 5 nitrogen and oxygen atoms in total. The fourth-order valence-electron chi connectivity index (χ4n) is 2.46. The van der Waals surface area contributed by atoms with Gasteiger partial charge in [-0.25, -0.2) is 15.2 Å². The van der Waals surface area contributed by atoms with Gasteiger partial charge in [0.05, 0.1) is 6.20 Å². The Labute approximate surface area is 100 Å². The van der Waals surface area contributed by atoms with E-state index in [1.165, 1.54) is 0 Å². The van der Waals surface area contributed by atoms with Crippen molar-refractivity contribution in [2.45, 2.75) is 45.2 Å². The molecule has 94 valence electrons. The minimum absolute atomic E-state index is 0.246. The predicted octanol–water partition coefficient (Wildman–Crippen LogP) is 1.67. The molecule has 0 amide bonds. The van der Waals surface area contributed by atoms with E-state index in [2.05, 4.69) is 29.2 Å². The standard InChI is InChI=1S/C11H18FN5/c1-3-8-5-4-7(2)17(8)10-9(12)6-14-11(15-10)16-13/h6-8H,3-5,13H2,1-2H3,(H,14,15,16). The van der Waals surface area contributed by atoms with Crippen molar-refractivity contribution in [2.75, 3.05) is 10.3 Å². The van der Waals surface area contributed by atoms with Crippen LogP contribution in [0.1, 0.15) is 33.1 Å². The van der Waals surface area contributed by atoms with Crippen LogP contribution in [-0.2, 0) is 0 Å². The number of anilines is 2. The molecule has 2 unspecified atom stereocenters. The van der Waals surface area contributed by atoms with E-state index in [4.69, 9.17) is 5.84 Å². The SMILES string of the molecule is CCC1CCC(C)N1c1nc(NN)ncc1F. The maximum atomic E-state index is 13.8. The third-order valence-corrected chi connectivity index (χ3v) is 3.36. The summed E-state index contributed by atoms with van der Waals surface area (Å²) in [5.74, 6) is 5.46. The topological polar surface area (TPSA) is 67.1 Å². The Balaban J connectivity index is 2.37. The first-order chi connectivity index (χ1) is 8.17. The van der Waals surface area contributed by atoms with Gasteiger partial charge in [-0.3, -0.25) is 5.43 Å². The molecule has 0 spiro atoms. The predicted molar refractivity (Wildman–Crippen MR) is 65.1 cm³/mol. The molecule has 2 atom stereocenters. The summed E-state index contributed by atoms with van der Waals surface area (Å²) in [6, 6.07) is 0.648. The Kier molecular flexibility index (Phi) is 3.42. The van der Waals surface area contributed by atoms with Gasteiger partial charge in [0.2, 0.25) is 5.95 Å². The third-order valence-electron chi connectivity index (χ3n) is 3.36. The third kappa shape index (κ3) is 2.17. The first-order valence-electron chi connectivity index (χ1n) is 5.94. The van der Waals surface area contributed by atoms with Gasteiger partial charge in [0.1, 0.15) is 0 Å². The molecule has 0 saturated carbocycles. The minimum atomic E-state index is -0.392. The van der Waals surface area contributed by atoms with Gasteiger partial charge in [-0.05, 0) is 26.2 Å². The summed E-state index contributed by atoms with van der Waals surface area (Å²) in [4.78, 5) is 9.92. The van der Waals surface area contributed by atoms with Crippen molar-refractivity contribution in [3.05, 3.63) is 12.0 Å². The molecule has 0 aromatic carbocycles. The smallest absolute Gasteiger partial charge is 0.239 e. The van der Waals surface area contributed by atoms with E-state index in [9.17, 15) is 4.39 Å². The van der Waals surface area contributed by atoms with E-state index >= 15 is 0 Å². The van der Waals surface area contributed by atoms with E-state index in [-0.39, 0.29) is 5.95 Å². The van der Waals surface area contributed by atoms with Crippen LogP contribution in [0.3, 0.4) is 0 Å². The Bertz CT molecular complexity index is 397. The molecule has 1 aliphatic heterocycles. The monoisotopic (exact) mass is 239 g/mol. The highest BCUT2D eigenvalue weighted by Crippen LogP contribution is 2.32. The molecule has 0 bridgehead atoms. The fraction of sp³-hybridized carbons (Fsp3) is 0.636. The Morgan fingerprint density at radius 1 is 1.59 bits per heavy atom. The number of rotatable bonds is 3. The van der Waals surface area contributed by atoms with Crippen LogP contribution in [0.15, 0.2) is 6.20 Å². The van der Waals surface area contributed by atoms with Gasteiger partial charge >= 0.3 is 0 Å². The molecular weight excluding hydrogens is 221 g/mol. The molecule has 1 fully saturated rings. The van der Waals surface area contributed by atoms with Crippen LogP contribution in [0.4, 0.5) is 16.2 Å². The van der Waals surface area contributed by atoms with Gasteiger partial charge < -0.3 is 4.90 Å². The second-order valence-corrected chi connectivity index (χ2v) is 4.41. The number of nitrogens with zero attached hydrogens (tertiary/aromatic N) is 3. The Hall–Kier alpha value is -1.43. The van der Waals surface area contributed by atoms with Gasteiger partial charge in [0, 0.05) is 12.1 Å². The first-order valence-corrected chi connectivity index (χ1v) is 5.94. The highest BCUT2D eigenvalue weighted by atomic mass is 19.1. The van der Waals surface area contributed by atoms with Gasteiger partial charge in [-0.2, -0.15) is 4.98 Å². The second-order valence-electron chi connectivity index (χ2n) is 4.41. The van der Waals surface area contributed by atoms with E-state index in [1.807, 2.05) is 4.90 Å². The quantitative estimate of drug-likeness (QED) is 0.620. The summed E-state index contributed by atoms with van der Waals surface area (Å²) in [5.41, 5.74) is 2.35. The van der Waals surface area contributed by atoms with Crippen LogP contribution in [0.5, 0.6) is 0 Å². The number of nitrogen functional groups attached to an aromatic ring is 1. The van der Waals surface area contributed by atoms with Crippen molar-refractivity contribution < 1.29 is 4.39 Å². The van der Waals surface area contributed by atoms with Crippen molar-refractivity contribution in [3.8, 4) is 0 Å². The lowest BCUT2D eigenvalue weighted by atomic mass is 10.1. The molecule has 0 aliphatic carbocycles. The summed E-state index contributed by atoms with van der Waals surface area (Å²) < 4.78 is 13.8. The zero-order valence-electron chi connectivity index (χ0n) is 10.2. The van der Waals surface area contributed by atoms with Crippen molar-refractivity contribution >= 4 is 11.8 Å². The maximum absolute atomic E-state index is 13.8. The first kappa shape index (κ1) is 12.0. The van der Waals surface area contributed by atoms with Crippen LogP contribution in [0.2, 0.25) is 0 Å². The zero-order chi connectivity index (χ0) is 12.4. The highest BCUT2D eigenvalue weighted by Gasteiger charge is 2.32. The number of hydrazine groups is 1. The van der Waals surface area contributed by atoms with E-state index < -0.39 is 5.82 Å². The number of nitrogens with two attached hydrogens (primary N) is 1. The van der Waals surface area contributed by atoms with Crippen LogP contribution in [0, 0.1) is 5.82 Å². The second kappa shape index (κ2) is 4.83. The van der Waals surface area contributed by atoms with E-state index in [0.29, 0.717) is 17.9 Å². The highest BCUT2D eigenvalue weighted by molar-refractivity contribution is 5.46. The maximum Gasteiger partial charge on any atom is 0.239 e. The molecule has 2 rings (SSSR count). The number of hydrogen-bond donors (Lipinski definition) is 2. The Morgan fingerprint density at radius 2 is 2.35 bits per heavy atom. The lowest BCUT2D eigenvalue weighted by Crippen LogP contribution is -2.35. The van der Waals surface area contributed by atoms with Crippen LogP contribution >= 0.6 is 0 Å². The van der Waals surface area contributed by atoms with Gasteiger partial charge in [-0.15, -0.1) is 0 Å². The summed E-state index contributed by atoms with van der Waals surface area (Å²) in [6.07, 6.45) is 4.29. The average molecular weight is 239 g/mol. The van der Waals surface area contributed by atoms with Gasteiger partial charge in [0.25, 0.3) is 0 Å². The minimum Gasteiger partial charge on any atom is -0.348 e. The number of halogens is 1. The van der Waals surface area contributed by atoms with Crippen LogP contribution in [-0.4, -0.2) is 22.1 Å². The number of aromatic nitrogens is 2. The summed E-state index contributed by atoms with van der Waals surface area (Å²) in [6.45, 7) is 4.20. The normalized spacial score (nSPS) is 24.1. The molecular formula is C11H18FN5. The zero-order valence-corrected chi connectivity index (χ0v) is 10.2. The molecule has 3 N–H and O–H groups in total. The van der Waals surface area contributed by atoms with E-state index in [1.54, 1.807) is 0 Å². The molecule has 1 aliphatic rings. The van der Waals surface area contributed by atoms with Crippen LogP contribution < -0.4 is 16.2 Å². The Morgan fingerprint density at radius 3 is 3.00 bits per heavy atom. The van der Waals surface area contributed by atoms with Crippen molar-refractivity contribution in [3.63, 3.8) is 0 Å². The summed E-state index contributed by atoms with van der Waals surface area (Å²) in [5, 5.41) is 0. The van der Waals surface area contributed by atoms with Crippen LogP contribution in [0.25, 0.3) is 0 Å². The average Bonchev–Trinajstić information content (AvgIpc) is 2.71. The molecule has 2 heterocycles. The number of nitrogens with one attached hydrogen (secondary N) is 1. The molecule has 1 aromatic heterocycles. The lowest BCUT2D eigenvalue weighted by molar-refractivity contribution is 0.567. The molecule has 0 radical (unpaired) electrons. The number of hydrogen-bond acceptors (Lipinski definition) is 5. The lowest BCUT2D eigenvalue weighted by Gasteiger charge is -2.29. The van der Waals surface area contributed by atoms with Crippen molar-refractivity contribution in [2.24, 2.45) is 5.84 Å². The van der Waals surface area contributed by atoms with Gasteiger partial charge in [-0.1, -0.05) is 6.92 Å². The van der Waals surface area contributed by atoms with Crippen molar-refractivity contribution in [1.29, 1.82) is 0 Å². The summed E-state index contributed by atoms with van der Waals surface area (Å²) in [7, 11) is 0. The molecule has 6 heteroatoms. The largest absolute Gasteiger partial charge is 0.348 e.